The van der Waals surface area contributed by atoms with Crippen LogP contribution >= 0.6 is 0 Å². The van der Waals surface area contributed by atoms with Gasteiger partial charge in [0.1, 0.15) is 0 Å². The summed E-state index contributed by atoms with van der Waals surface area (Å²) in [6.45, 7) is 1.96. The number of primary amides is 1. The first-order valence-electron chi connectivity index (χ1n) is 6.76. The van der Waals surface area contributed by atoms with E-state index < -0.39 is 0 Å². The highest BCUT2D eigenvalue weighted by Crippen LogP contribution is 2.23. The summed E-state index contributed by atoms with van der Waals surface area (Å²) >= 11 is 0. The number of methoxy groups -OCH3 is 1. The number of likely N-dealkylation sites (tertiary alicyclic amines) is 1. The van der Waals surface area contributed by atoms with Gasteiger partial charge in [-0.2, -0.15) is 0 Å². The zero-order valence-electron chi connectivity index (χ0n) is 11.6. The monoisotopic (exact) mass is 276 g/mol. The molecular weight excluding hydrogens is 256 g/mol. The topological polar surface area (TPSA) is 72.6 Å². The Hall–Kier alpha value is -1.88. The Morgan fingerprint density at radius 3 is 2.65 bits per heavy atom. The third-order valence-corrected chi connectivity index (χ3v) is 3.80. The van der Waals surface area contributed by atoms with E-state index in [1.165, 1.54) is 7.11 Å². The molecule has 1 aliphatic heterocycles. The number of carbonyl (C=O) groups is 2. The van der Waals surface area contributed by atoms with Gasteiger partial charge in [0.15, 0.2) is 0 Å². The van der Waals surface area contributed by atoms with Crippen LogP contribution in [0.25, 0.3) is 0 Å². The predicted molar refractivity (Wildman–Crippen MR) is 74.9 cm³/mol. The van der Waals surface area contributed by atoms with E-state index in [-0.39, 0.29) is 23.7 Å². The molecule has 0 aromatic heterocycles. The van der Waals surface area contributed by atoms with Crippen molar-refractivity contribution in [1.29, 1.82) is 0 Å². The Kier molecular flexibility index (Phi) is 4.74. The summed E-state index contributed by atoms with van der Waals surface area (Å²) in [6, 6.07) is 9.56. The molecule has 2 rings (SSSR count). The molecule has 0 radical (unpaired) electrons. The number of ether oxygens (including phenoxy) is 1. The molecule has 2 N–H and O–H groups in total. The molecule has 20 heavy (non-hydrogen) atoms. The van der Waals surface area contributed by atoms with Crippen molar-refractivity contribution in [2.75, 3.05) is 26.7 Å². The first kappa shape index (κ1) is 14.5. The molecule has 2 unspecified atom stereocenters. The molecule has 0 aliphatic carbocycles. The number of nitrogens with two attached hydrogens (primary N) is 1. The second kappa shape index (κ2) is 6.52. The molecule has 1 aromatic rings. The average Bonchev–Trinajstić information content (AvgIpc) is 2.94. The van der Waals surface area contributed by atoms with Crippen LogP contribution < -0.4 is 5.73 Å². The van der Waals surface area contributed by atoms with Gasteiger partial charge < -0.3 is 15.4 Å². The minimum absolute atomic E-state index is 0.107. The van der Waals surface area contributed by atoms with Crippen LogP contribution in [0.15, 0.2) is 30.3 Å². The van der Waals surface area contributed by atoms with E-state index in [2.05, 4.69) is 4.90 Å². The molecule has 1 heterocycles. The minimum atomic E-state index is -0.326. The standard InChI is InChI=1S/C15H20N2O3/c1-20-15(19)13(11-5-3-2-4-6-11)10-17-8-7-12(9-17)14(16)18/h2-6,12-13H,7-10H2,1H3,(H2,16,18). The Balaban J connectivity index is 2.06. The van der Waals surface area contributed by atoms with Gasteiger partial charge in [-0.3, -0.25) is 9.59 Å². The van der Waals surface area contributed by atoms with Gasteiger partial charge in [0, 0.05) is 13.1 Å². The third kappa shape index (κ3) is 3.36. The van der Waals surface area contributed by atoms with Gasteiger partial charge in [0.05, 0.1) is 18.9 Å². The van der Waals surface area contributed by atoms with Crippen LogP contribution in [0.1, 0.15) is 17.9 Å². The molecule has 0 spiro atoms. The lowest BCUT2D eigenvalue weighted by atomic mass is 9.98. The molecule has 1 saturated heterocycles. The van der Waals surface area contributed by atoms with E-state index in [1.807, 2.05) is 30.3 Å². The van der Waals surface area contributed by atoms with Crippen molar-refractivity contribution in [3.05, 3.63) is 35.9 Å². The molecule has 1 aliphatic rings. The van der Waals surface area contributed by atoms with Gasteiger partial charge in [-0.25, -0.2) is 0 Å². The van der Waals surface area contributed by atoms with Gasteiger partial charge in [0.2, 0.25) is 5.91 Å². The lowest BCUT2D eigenvalue weighted by Gasteiger charge is -2.22. The Morgan fingerprint density at radius 1 is 1.40 bits per heavy atom. The molecular formula is C15H20N2O3. The average molecular weight is 276 g/mol. The van der Waals surface area contributed by atoms with Crippen LogP contribution in [0.5, 0.6) is 0 Å². The number of amides is 1. The summed E-state index contributed by atoms with van der Waals surface area (Å²) in [6.07, 6.45) is 0.762. The number of carbonyl (C=O) groups excluding carboxylic acids is 2. The highest BCUT2D eigenvalue weighted by Gasteiger charge is 2.31. The molecule has 1 fully saturated rings. The molecule has 1 aromatic carbocycles. The van der Waals surface area contributed by atoms with Gasteiger partial charge in [-0.1, -0.05) is 30.3 Å². The summed E-state index contributed by atoms with van der Waals surface area (Å²) in [4.78, 5) is 25.3. The molecule has 0 bridgehead atoms. The maximum atomic E-state index is 12.0. The smallest absolute Gasteiger partial charge is 0.314 e. The Bertz CT molecular complexity index is 475. The maximum Gasteiger partial charge on any atom is 0.314 e. The van der Waals surface area contributed by atoms with E-state index >= 15 is 0 Å². The van der Waals surface area contributed by atoms with Gasteiger partial charge in [0.25, 0.3) is 0 Å². The highest BCUT2D eigenvalue weighted by atomic mass is 16.5. The van der Waals surface area contributed by atoms with Crippen molar-refractivity contribution < 1.29 is 14.3 Å². The van der Waals surface area contributed by atoms with Crippen molar-refractivity contribution in [2.24, 2.45) is 11.7 Å². The summed E-state index contributed by atoms with van der Waals surface area (Å²) in [5.41, 5.74) is 6.26. The van der Waals surface area contributed by atoms with E-state index in [0.717, 1.165) is 18.5 Å². The Morgan fingerprint density at radius 2 is 2.10 bits per heavy atom. The van der Waals surface area contributed by atoms with Crippen molar-refractivity contribution in [1.82, 2.24) is 4.90 Å². The number of esters is 1. The molecule has 0 saturated carbocycles. The van der Waals surface area contributed by atoms with Crippen LogP contribution in [0.3, 0.4) is 0 Å². The largest absolute Gasteiger partial charge is 0.469 e. The fourth-order valence-electron chi connectivity index (χ4n) is 2.63. The van der Waals surface area contributed by atoms with Gasteiger partial charge >= 0.3 is 5.97 Å². The summed E-state index contributed by atoms with van der Waals surface area (Å²) in [5, 5.41) is 0. The first-order chi connectivity index (χ1) is 9.61. The quantitative estimate of drug-likeness (QED) is 0.806. The van der Waals surface area contributed by atoms with Crippen LogP contribution in [-0.4, -0.2) is 43.5 Å². The Labute approximate surface area is 118 Å². The number of rotatable bonds is 5. The second-order valence-corrected chi connectivity index (χ2v) is 5.13. The lowest BCUT2D eigenvalue weighted by Crippen LogP contribution is -2.33. The first-order valence-corrected chi connectivity index (χ1v) is 6.76. The molecule has 108 valence electrons. The number of hydrogen-bond donors (Lipinski definition) is 1. The fraction of sp³-hybridized carbons (Fsp3) is 0.467. The van der Waals surface area contributed by atoms with Crippen LogP contribution in [0, 0.1) is 5.92 Å². The fourth-order valence-corrected chi connectivity index (χ4v) is 2.63. The summed E-state index contributed by atoms with van der Waals surface area (Å²) in [7, 11) is 1.40. The van der Waals surface area contributed by atoms with Crippen molar-refractivity contribution in [3.8, 4) is 0 Å². The number of nitrogens with zero attached hydrogens (tertiary/aromatic N) is 1. The van der Waals surface area contributed by atoms with E-state index in [1.54, 1.807) is 0 Å². The third-order valence-electron chi connectivity index (χ3n) is 3.80. The summed E-state index contributed by atoms with van der Waals surface area (Å²) < 4.78 is 4.89. The summed E-state index contributed by atoms with van der Waals surface area (Å²) in [5.74, 6) is -0.947. The van der Waals surface area contributed by atoms with Crippen molar-refractivity contribution in [3.63, 3.8) is 0 Å². The van der Waals surface area contributed by atoms with Crippen LogP contribution in [-0.2, 0) is 14.3 Å². The normalized spacial score (nSPS) is 20.6. The van der Waals surface area contributed by atoms with Gasteiger partial charge in [-0.15, -0.1) is 0 Å². The maximum absolute atomic E-state index is 12.0. The van der Waals surface area contributed by atoms with E-state index in [9.17, 15) is 9.59 Å². The van der Waals surface area contributed by atoms with Crippen molar-refractivity contribution in [2.45, 2.75) is 12.3 Å². The zero-order chi connectivity index (χ0) is 14.5. The number of hydrogen-bond acceptors (Lipinski definition) is 4. The highest BCUT2D eigenvalue weighted by molar-refractivity contribution is 5.79. The number of benzene rings is 1. The molecule has 2 atom stereocenters. The SMILES string of the molecule is COC(=O)C(CN1CCC(C(N)=O)C1)c1ccccc1. The minimum Gasteiger partial charge on any atom is -0.469 e. The lowest BCUT2D eigenvalue weighted by molar-refractivity contribution is -0.142. The predicted octanol–water partition coefficient (Wildman–Crippen LogP) is 0.750. The molecule has 5 heteroatoms. The second-order valence-electron chi connectivity index (χ2n) is 5.13. The van der Waals surface area contributed by atoms with E-state index in [4.69, 9.17) is 10.5 Å². The van der Waals surface area contributed by atoms with Gasteiger partial charge in [-0.05, 0) is 18.5 Å². The van der Waals surface area contributed by atoms with Crippen LogP contribution in [0.4, 0.5) is 0 Å². The molecule has 5 nitrogen and oxygen atoms in total. The van der Waals surface area contributed by atoms with E-state index in [0.29, 0.717) is 13.1 Å². The van der Waals surface area contributed by atoms with Crippen molar-refractivity contribution >= 4 is 11.9 Å². The zero-order valence-corrected chi connectivity index (χ0v) is 11.6. The van der Waals surface area contributed by atoms with Crippen LogP contribution in [0.2, 0.25) is 0 Å². The molecule has 1 amide bonds.